The van der Waals surface area contributed by atoms with Gasteiger partial charge < -0.3 is 20.1 Å². The zero-order valence-electron chi connectivity index (χ0n) is 12.6. The van der Waals surface area contributed by atoms with Gasteiger partial charge in [-0.2, -0.15) is 0 Å². The number of hydrogen-bond donors (Lipinski definition) is 2. The van der Waals surface area contributed by atoms with Gasteiger partial charge in [0, 0.05) is 20.2 Å². The summed E-state index contributed by atoms with van der Waals surface area (Å²) in [5, 5.41) is 6.37. The van der Waals surface area contributed by atoms with Crippen LogP contribution in [0.1, 0.15) is 12.5 Å². The minimum atomic E-state index is 0.594. The highest BCUT2D eigenvalue weighted by Gasteiger charge is 1.99. The second-order valence-corrected chi connectivity index (χ2v) is 4.24. The number of rotatable bonds is 8. The van der Waals surface area contributed by atoms with E-state index in [1.54, 1.807) is 7.05 Å². The maximum Gasteiger partial charge on any atom is 0.191 e. The van der Waals surface area contributed by atoms with E-state index in [1.165, 1.54) is 0 Å². The highest BCUT2D eigenvalue weighted by atomic mass is 16.5. The number of nitrogens with one attached hydrogen (secondary N) is 2. The Labute approximate surface area is 121 Å². The number of para-hydroxylation sites is 1. The first-order valence-electron chi connectivity index (χ1n) is 6.98. The van der Waals surface area contributed by atoms with Crippen molar-refractivity contribution in [3.8, 4) is 5.75 Å². The molecular formula is C15H25N3O2. The summed E-state index contributed by atoms with van der Waals surface area (Å²) in [5.74, 6) is 1.69. The Hall–Kier alpha value is -1.75. The molecule has 0 unspecified atom stereocenters. The number of guanidine groups is 1. The Morgan fingerprint density at radius 1 is 1.15 bits per heavy atom. The van der Waals surface area contributed by atoms with E-state index in [4.69, 9.17) is 9.47 Å². The average molecular weight is 279 g/mol. The first-order valence-corrected chi connectivity index (χ1v) is 6.98. The Bertz CT molecular complexity index is 408. The zero-order valence-corrected chi connectivity index (χ0v) is 12.6. The zero-order chi connectivity index (χ0) is 14.6. The van der Waals surface area contributed by atoms with Gasteiger partial charge in [-0.05, 0) is 25.5 Å². The SMILES string of the molecule is CCOCCNC(=NC)NCCOc1ccccc1C. The molecule has 1 aromatic rings. The molecule has 0 saturated carbocycles. The Kier molecular flexibility index (Phi) is 8.22. The molecular weight excluding hydrogens is 254 g/mol. The second-order valence-electron chi connectivity index (χ2n) is 4.24. The molecule has 0 bridgehead atoms. The van der Waals surface area contributed by atoms with Crippen LogP contribution in [-0.4, -0.2) is 45.9 Å². The van der Waals surface area contributed by atoms with E-state index in [9.17, 15) is 0 Å². The number of aryl methyl sites for hydroxylation is 1. The fraction of sp³-hybridized carbons (Fsp3) is 0.533. The minimum absolute atomic E-state index is 0.594. The van der Waals surface area contributed by atoms with E-state index in [2.05, 4.69) is 15.6 Å². The van der Waals surface area contributed by atoms with Crippen LogP contribution in [-0.2, 0) is 4.74 Å². The molecule has 1 aromatic carbocycles. The lowest BCUT2D eigenvalue weighted by Crippen LogP contribution is -2.40. The van der Waals surface area contributed by atoms with Crippen molar-refractivity contribution >= 4 is 5.96 Å². The molecule has 1 rings (SSSR count). The maximum atomic E-state index is 5.70. The quantitative estimate of drug-likeness (QED) is 0.431. The number of aliphatic imine (C=N–C) groups is 1. The highest BCUT2D eigenvalue weighted by molar-refractivity contribution is 5.79. The average Bonchev–Trinajstić information content (AvgIpc) is 2.47. The van der Waals surface area contributed by atoms with E-state index in [0.29, 0.717) is 19.8 Å². The number of nitrogens with zero attached hydrogens (tertiary/aromatic N) is 1. The lowest BCUT2D eigenvalue weighted by atomic mass is 10.2. The van der Waals surface area contributed by atoms with Crippen LogP contribution in [0.2, 0.25) is 0 Å². The van der Waals surface area contributed by atoms with Crippen molar-refractivity contribution in [3.63, 3.8) is 0 Å². The first-order chi connectivity index (χ1) is 9.77. The number of hydrogen-bond acceptors (Lipinski definition) is 3. The summed E-state index contributed by atoms with van der Waals surface area (Å²) in [5.41, 5.74) is 1.15. The summed E-state index contributed by atoms with van der Waals surface area (Å²) < 4.78 is 11.0. The van der Waals surface area contributed by atoms with Crippen molar-refractivity contribution in [1.29, 1.82) is 0 Å². The third-order valence-corrected chi connectivity index (χ3v) is 2.71. The van der Waals surface area contributed by atoms with Crippen molar-refractivity contribution in [2.45, 2.75) is 13.8 Å². The van der Waals surface area contributed by atoms with Crippen molar-refractivity contribution in [2.24, 2.45) is 4.99 Å². The molecule has 5 nitrogen and oxygen atoms in total. The lowest BCUT2D eigenvalue weighted by Gasteiger charge is -2.13. The molecule has 0 heterocycles. The fourth-order valence-electron chi connectivity index (χ4n) is 1.66. The van der Waals surface area contributed by atoms with Gasteiger partial charge in [-0.15, -0.1) is 0 Å². The molecule has 5 heteroatoms. The van der Waals surface area contributed by atoms with Gasteiger partial charge in [0.25, 0.3) is 0 Å². The van der Waals surface area contributed by atoms with E-state index in [-0.39, 0.29) is 0 Å². The lowest BCUT2D eigenvalue weighted by molar-refractivity contribution is 0.152. The Morgan fingerprint density at radius 2 is 1.85 bits per heavy atom. The van der Waals surface area contributed by atoms with Gasteiger partial charge in [0.05, 0.1) is 13.2 Å². The summed E-state index contributed by atoms with van der Waals surface area (Å²) in [6, 6.07) is 8.00. The van der Waals surface area contributed by atoms with Gasteiger partial charge in [0.2, 0.25) is 0 Å². The van der Waals surface area contributed by atoms with Crippen LogP contribution in [0.3, 0.4) is 0 Å². The Balaban J connectivity index is 2.17. The minimum Gasteiger partial charge on any atom is -0.491 e. The topological polar surface area (TPSA) is 54.9 Å². The standard InChI is InChI=1S/C15H25N3O2/c1-4-19-11-9-17-15(16-3)18-10-12-20-14-8-6-5-7-13(14)2/h5-8H,4,9-12H2,1-3H3,(H2,16,17,18). The van der Waals surface area contributed by atoms with Crippen molar-refractivity contribution < 1.29 is 9.47 Å². The summed E-state index contributed by atoms with van der Waals surface area (Å²) in [6.07, 6.45) is 0. The molecule has 0 saturated heterocycles. The normalized spacial score (nSPS) is 11.2. The first kappa shape index (κ1) is 16.3. The molecule has 0 fully saturated rings. The van der Waals surface area contributed by atoms with Crippen LogP contribution in [0.5, 0.6) is 5.75 Å². The molecule has 0 atom stereocenters. The summed E-state index contributed by atoms with van der Waals surface area (Å²) in [7, 11) is 1.75. The molecule has 112 valence electrons. The second kappa shape index (κ2) is 10.1. The van der Waals surface area contributed by atoms with Crippen molar-refractivity contribution in [1.82, 2.24) is 10.6 Å². The molecule has 2 N–H and O–H groups in total. The maximum absolute atomic E-state index is 5.70. The molecule has 0 radical (unpaired) electrons. The molecule has 0 aliphatic carbocycles. The molecule has 20 heavy (non-hydrogen) atoms. The van der Waals surface area contributed by atoms with E-state index < -0.39 is 0 Å². The third-order valence-electron chi connectivity index (χ3n) is 2.71. The summed E-state index contributed by atoms with van der Waals surface area (Å²) >= 11 is 0. The van der Waals surface area contributed by atoms with Gasteiger partial charge in [-0.25, -0.2) is 0 Å². The van der Waals surface area contributed by atoms with Gasteiger partial charge in [0.15, 0.2) is 5.96 Å². The highest BCUT2D eigenvalue weighted by Crippen LogP contribution is 2.15. The summed E-state index contributed by atoms with van der Waals surface area (Å²) in [6.45, 7) is 7.47. The van der Waals surface area contributed by atoms with Gasteiger partial charge in [-0.1, -0.05) is 18.2 Å². The monoisotopic (exact) mass is 279 g/mol. The van der Waals surface area contributed by atoms with Gasteiger partial charge in [0.1, 0.15) is 12.4 Å². The fourth-order valence-corrected chi connectivity index (χ4v) is 1.66. The van der Waals surface area contributed by atoms with E-state index in [0.717, 1.165) is 30.4 Å². The van der Waals surface area contributed by atoms with Crippen LogP contribution in [0.4, 0.5) is 0 Å². The van der Waals surface area contributed by atoms with E-state index in [1.807, 2.05) is 38.1 Å². The van der Waals surface area contributed by atoms with Gasteiger partial charge >= 0.3 is 0 Å². The smallest absolute Gasteiger partial charge is 0.191 e. The van der Waals surface area contributed by atoms with Crippen LogP contribution in [0, 0.1) is 6.92 Å². The molecule has 0 spiro atoms. The van der Waals surface area contributed by atoms with Crippen LogP contribution in [0.15, 0.2) is 29.3 Å². The van der Waals surface area contributed by atoms with E-state index >= 15 is 0 Å². The number of ether oxygens (including phenoxy) is 2. The largest absolute Gasteiger partial charge is 0.491 e. The van der Waals surface area contributed by atoms with Crippen molar-refractivity contribution in [2.75, 3.05) is 40.0 Å². The molecule has 0 aliphatic heterocycles. The van der Waals surface area contributed by atoms with Crippen LogP contribution in [0.25, 0.3) is 0 Å². The molecule has 0 aromatic heterocycles. The third kappa shape index (κ3) is 6.43. The molecule has 0 aliphatic rings. The molecule has 0 amide bonds. The Morgan fingerprint density at radius 3 is 2.50 bits per heavy atom. The van der Waals surface area contributed by atoms with Gasteiger partial charge in [-0.3, -0.25) is 4.99 Å². The van der Waals surface area contributed by atoms with Crippen LogP contribution < -0.4 is 15.4 Å². The van der Waals surface area contributed by atoms with Crippen LogP contribution >= 0.6 is 0 Å². The summed E-state index contributed by atoms with van der Waals surface area (Å²) in [4.78, 5) is 4.13. The number of benzene rings is 1. The predicted molar refractivity (Wildman–Crippen MR) is 82.5 cm³/mol. The predicted octanol–water partition coefficient (Wildman–Crippen LogP) is 1.58. The van der Waals surface area contributed by atoms with Crippen molar-refractivity contribution in [3.05, 3.63) is 29.8 Å².